The molecule has 0 saturated carbocycles. The summed E-state index contributed by atoms with van der Waals surface area (Å²) in [5.74, 6) is 0.811. The average Bonchev–Trinajstić information content (AvgIpc) is 3.05. The Kier molecular flexibility index (Phi) is 3.85. The quantitative estimate of drug-likeness (QED) is 0.805. The lowest BCUT2D eigenvalue weighted by Gasteiger charge is -2.14. The molecule has 0 unspecified atom stereocenters. The number of carbonyl (C=O) groups excluding carboxylic acids is 1. The maximum absolute atomic E-state index is 12.0. The summed E-state index contributed by atoms with van der Waals surface area (Å²) in [5.41, 5.74) is 1.89. The second kappa shape index (κ2) is 5.81. The van der Waals surface area contributed by atoms with Gasteiger partial charge >= 0.3 is 0 Å². The number of carbonyl (C=O) groups is 1. The van der Waals surface area contributed by atoms with Crippen LogP contribution < -0.4 is 10.2 Å². The molecule has 1 amide bonds. The molecule has 0 aliphatic carbocycles. The van der Waals surface area contributed by atoms with E-state index < -0.39 is 0 Å². The molecule has 6 heteroatoms. The van der Waals surface area contributed by atoms with Crippen LogP contribution in [0.1, 0.15) is 16.6 Å². The van der Waals surface area contributed by atoms with Crippen LogP contribution in [0.3, 0.4) is 0 Å². The van der Waals surface area contributed by atoms with E-state index in [1.165, 1.54) is 11.3 Å². The molecular formula is C16H18N4OS. The number of benzene rings is 1. The standard InChI is InChI=1S/C16H18N4OS/c1-4-17-14(21)13-10-12-15(22-13)20(16(18-12)19(2)3)11-8-6-5-7-9-11/h5-10H,4H2,1-3H3,(H,17,21). The zero-order chi connectivity index (χ0) is 15.7. The van der Waals surface area contributed by atoms with Crippen molar-refractivity contribution in [3.63, 3.8) is 0 Å². The molecule has 0 atom stereocenters. The number of imidazole rings is 1. The van der Waals surface area contributed by atoms with E-state index in [9.17, 15) is 4.79 Å². The summed E-state index contributed by atoms with van der Waals surface area (Å²) in [4.78, 5) is 20.4. The Balaban J connectivity index is 2.18. The van der Waals surface area contributed by atoms with Crippen LogP contribution in [0.25, 0.3) is 16.0 Å². The number of nitrogens with one attached hydrogen (secondary N) is 1. The number of aromatic nitrogens is 2. The number of amides is 1. The molecule has 22 heavy (non-hydrogen) atoms. The van der Waals surface area contributed by atoms with Crippen LogP contribution in [0.15, 0.2) is 36.4 Å². The molecule has 0 spiro atoms. The zero-order valence-electron chi connectivity index (χ0n) is 12.8. The van der Waals surface area contributed by atoms with Crippen molar-refractivity contribution in [2.75, 3.05) is 25.5 Å². The van der Waals surface area contributed by atoms with Gasteiger partial charge in [0.05, 0.1) is 4.88 Å². The van der Waals surface area contributed by atoms with Gasteiger partial charge in [-0.2, -0.15) is 0 Å². The third kappa shape index (κ3) is 2.46. The predicted octanol–water partition coefficient (Wildman–Crippen LogP) is 2.90. The van der Waals surface area contributed by atoms with Crippen molar-refractivity contribution in [2.24, 2.45) is 0 Å². The fraction of sp³-hybridized carbons (Fsp3) is 0.250. The smallest absolute Gasteiger partial charge is 0.261 e. The van der Waals surface area contributed by atoms with Gasteiger partial charge in [-0.1, -0.05) is 18.2 Å². The van der Waals surface area contributed by atoms with E-state index in [4.69, 9.17) is 0 Å². The van der Waals surface area contributed by atoms with Crippen molar-refractivity contribution < 1.29 is 4.79 Å². The molecule has 5 nitrogen and oxygen atoms in total. The number of rotatable bonds is 4. The number of hydrogen-bond acceptors (Lipinski definition) is 4. The largest absolute Gasteiger partial charge is 0.352 e. The molecule has 2 heterocycles. The van der Waals surface area contributed by atoms with Crippen LogP contribution in [0, 0.1) is 0 Å². The summed E-state index contributed by atoms with van der Waals surface area (Å²) < 4.78 is 2.09. The molecule has 0 saturated heterocycles. The molecule has 0 aliphatic rings. The third-order valence-corrected chi connectivity index (χ3v) is 4.40. The lowest BCUT2D eigenvalue weighted by Crippen LogP contribution is -2.21. The fourth-order valence-electron chi connectivity index (χ4n) is 2.33. The second-order valence-electron chi connectivity index (χ2n) is 5.14. The van der Waals surface area contributed by atoms with Crippen molar-refractivity contribution in [3.8, 4) is 5.69 Å². The molecule has 1 aromatic carbocycles. The number of thiophene rings is 1. The summed E-state index contributed by atoms with van der Waals surface area (Å²) in [6.07, 6.45) is 0. The number of nitrogens with zero attached hydrogens (tertiary/aromatic N) is 3. The number of hydrogen-bond donors (Lipinski definition) is 1. The average molecular weight is 314 g/mol. The van der Waals surface area contributed by atoms with Crippen molar-refractivity contribution in [2.45, 2.75) is 6.92 Å². The van der Waals surface area contributed by atoms with E-state index >= 15 is 0 Å². The van der Waals surface area contributed by atoms with Gasteiger partial charge in [0, 0.05) is 26.3 Å². The molecule has 114 valence electrons. The highest BCUT2D eigenvalue weighted by Crippen LogP contribution is 2.32. The van der Waals surface area contributed by atoms with Gasteiger partial charge in [-0.3, -0.25) is 9.36 Å². The highest BCUT2D eigenvalue weighted by molar-refractivity contribution is 7.20. The Morgan fingerprint density at radius 3 is 2.68 bits per heavy atom. The van der Waals surface area contributed by atoms with E-state index in [0.717, 1.165) is 22.0 Å². The van der Waals surface area contributed by atoms with Crippen molar-refractivity contribution in [3.05, 3.63) is 41.3 Å². The van der Waals surface area contributed by atoms with E-state index in [0.29, 0.717) is 11.4 Å². The lowest BCUT2D eigenvalue weighted by atomic mass is 10.3. The van der Waals surface area contributed by atoms with Gasteiger partial charge in [0.2, 0.25) is 5.95 Å². The lowest BCUT2D eigenvalue weighted by molar-refractivity contribution is 0.0960. The minimum absolute atomic E-state index is 0.0449. The van der Waals surface area contributed by atoms with E-state index in [1.54, 1.807) is 0 Å². The Morgan fingerprint density at radius 1 is 1.32 bits per heavy atom. The first-order valence-electron chi connectivity index (χ1n) is 7.15. The van der Waals surface area contributed by atoms with E-state index in [-0.39, 0.29) is 5.91 Å². The SMILES string of the molecule is CCNC(=O)c1cc2nc(N(C)C)n(-c3ccccc3)c2s1. The van der Waals surface area contributed by atoms with Crippen LogP contribution in [0.4, 0.5) is 5.95 Å². The van der Waals surface area contributed by atoms with Gasteiger partial charge < -0.3 is 10.2 Å². The molecule has 3 aromatic rings. The Labute approximate surface area is 133 Å². The number of anilines is 1. The maximum Gasteiger partial charge on any atom is 0.261 e. The summed E-state index contributed by atoms with van der Waals surface area (Å²) >= 11 is 1.47. The van der Waals surface area contributed by atoms with Crippen LogP contribution >= 0.6 is 11.3 Å². The topological polar surface area (TPSA) is 50.2 Å². The normalized spacial score (nSPS) is 10.9. The van der Waals surface area contributed by atoms with Gasteiger partial charge in [-0.15, -0.1) is 11.3 Å². The Morgan fingerprint density at radius 2 is 2.05 bits per heavy atom. The molecule has 0 fully saturated rings. The molecule has 3 rings (SSSR count). The summed E-state index contributed by atoms with van der Waals surface area (Å²) in [6, 6.07) is 11.9. The molecule has 2 aromatic heterocycles. The number of para-hydroxylation sites is 1. The second-order valence-corrected chi connectivity index (χ2v) is 6.17. The molecule has 1 N–H and O–H groups in total. The van der Waals surface area contributed by atoms with Gasteiger partial charge in [-0.05, 0) is 25.1 Å². The first-order chi connectivity index (χ1) is 10.6. The fourth-order valence-corrected chi connectivity index (χ4v) is 3.36. The van der Waals surface area contributed by atoms with E-state index in [2.05, 4.69) is 14.9 Å². The molecular weight excluding hydrogens is 296 g/mol. The van der Waals surface area contributed by atoms with Gasteiger partial charge in [0.25, 0.3) is 5.91 Å². The van der Waals surface area contributed by atoms with Gasteiger partial charge in [0.15, 0.2) is 0 Å². The molecule has 0 aliphatic heterocycles. The summed E-state index contributed by atoms with van der Waals surface area (Å²) in [5, 5.41) is 2.83. The van der Waals surface area contributed by atoms with Gasteiger partial charge in [-0.25, -0.2) is 4.98 Å². The predicted molar refractivity (Wildman–Crippen MR) is 91.3 cm³/mol. The monoisotopic (exact) mass is 314 g/mol. The maximum atomic E-state index is 12.0. The highest BCUT2D eigenvalue weighted by atomic mass is 32.1. The Hall–Kier alpha value is -2.34. The van der Waals surface area contributed by atoms with Crippen LogP contribution in [0.5, 0.6) is 0 Å². The van der Waals surface area contributed by atoms with Crippen LogP contribution in [-0.2, 0) is 0 Å². The first kappa shape index (κ1) is 14.6. The summed E-state index contributed by atoms with van der Waals surface area (Å²) in [6.45, 7) is 2.54. The highest BCUT2D eigenvalue weighted by Gasteiger charge is 2.19. The van der Waals surface area contributed by atoms with Crippen molar-refractivity contribution in [1.82, 2.24) is 14.9 Å². The zero-order valence-corrected chi connectivity index (χ0v) is 13.6. The van der Waals surface area contributed by atoms with E-state index in [1.807, 2.05) is 62.3 Å². The van der Waals surface area contributed by atoms with Gasteiger partial charge in [0.1, 0.15) is 10.3 Å². The first-order valence-corrected chi connectivity index (χ1v) is 7.96. The minimum atomic E-state index is -0.0449. The minimum Gasteiger partial charge on any atom is -0.352 e. The third-order valence-electron chi connectivity index (χ3n) is 3.29. The Bertz CT molecular complexity index is 804. The summed E-state index contributed by atoms with van der Waals surface area (Å²) in [7, 11) is 3.94. The van der Waals surface area contributed by atoms with Crippen molar-refractivity contribution >= 4 is 33.5 Å². The molecule has 0 radical (unpaired) electrons. The van der Waals surface area contributed by atoms with Crippen LogP contribution in [0.2, 0.25) is 0 Å². The van der Waals surface area contributed by atoms with Crippen molar-refractivity contribution in [1.29, 1.82) is 0 Å². The number of fused-ring (bicyclic) bond motifs is 1. The molecule has 0 bridgehead atoms. The van der Waals surface area contributed by atoms with Crippen LogP contribution in [-0.4, -0.2) is 36.1 Å².